The molecule has 220 valence electrons. The van der Waals surface area contributed by atoms with E-state index in [2.05, 4.69) is 44.5 Å². The molecule has 0 atom stereocenters. The fraction of sp³-hybridized carbons (Fsp3) is 0.448. The van der Waals surface area contributed by atoms with Gasteiger partial charge in [0.15, 0.2) is 8.32 Å². The van der Waals surface area contributed by atoms with Crippen LogP contribution >= 0.6 is 0 Å². The maximum atomic E-state index is 11.8. The molecule has 0 aliphatic heterocycles. The second kappa shape index (κ2) is 13.6. The zero-order chi connectivity index (χ0) is 30.3. The highest BCUT2D eigenvalue weighted by Crippen LogP contribution is 2.37. The van der Waals surface area contributed by atoms with E-state index in [9.17, 15) is 9.59 Å². The number of nitrogens with one attached hydrogen (secondary N) is 2. The Morgan fingerprint density at radius 3 is 1.98 bits per heavy atom. The molecule has 10 nitrogen and oxygen atoms in total. The van der Waals surface area contributed by atoms with Gasteiger partial charge in [-0.05, 0) is 62.3 Å². The highest BCUT2D eigenvalue weighted by Gasteiger charge is 2.36. The van der Waals surface area contributed by atoms with Crippen molar-refractivity contribution in [2.45, 2.75) is 59.2 Å². The van der Waals surface area contributed by atoms with E-state index in [4.69, 9.17) is 32.1 Å². The SMILES string of the molecule is C/C(CNc1ccc(C(N)=O)cc1N)=C(/C)CNc1c(N)cc(C(N)=O)cc1OCCCO[Si](C)(C)C(C)(C)C. The van der Waals surface area contributed by atoms with Crippen LogP contribution in [0.3, 0.4) is 0 Å². The van der Waals surface area contributed by atoms with Crippen LogP contribution in [-0.2, 0) is 4.43 Å². The summed E-state index contributed by atoms with van der Waals surface area (Å²) in [6.07, 6.45) is 0.694. The van der Waals surface area contributed by atoms with E-state index in [1.54, 1.807) is 30.3 Å². The number of anilines is 4. The highest BCUT2D eigenvalue weighted by molar-refractivity contribution is 6.74. The molecule has 0 aromatic heterocycles. The number of hydrogen-bond acceptors (Lipinski definition) is 8. The number of ether oxygens (including phenoxy) is 1. The maximum Gasteiger partial charge on any atom is 0.248 e. The Morgan fingerprint density at radius 2 is 1.43 bits per heavy atom. The van der Waals surface area contributed by atoms with Gasteiger partial charge < -0.3 is 42.7 Å². The van der Waals surface area contributed by atoms with E-state index >= 15 is 0 Å². The van der Waals surface area contributed by atoms with E-state index < -0.39 is 20.1 Å². The van der Waals surface area contributed by atoms with Crippen molar-refractivity contribution in [1.82, 2.24) is 0 Å². The summed E-state index contributed by atoms with van der Waals surface area (Å²) in [6, 6.07) is 8.08. The molecule has 0 fully saturated rings. The van der Waals surface area contributed by atoms with Crippen LogP contribution in [0.5, 0.6) is 5.75 Å². The molecule has 40 heavy (non-hydrogen) atoms. The van der Waals surface area contributed by atoms with E-state index in [-0.39, 0.29) is 10.6 Å². The van der Waals surface area contributed by atoms with Crippen LogP contribution in [-0.4, -0.2) is 46.4 Å². The van der Waals surface area contributed by atoms with Gasteiger partial charge in [-0.3, -0.25) is 9.59 Å². The Labute approximate surface area is 239 Å². The molecule has 2 aromatic rings. The van der Waals surface area contributed by atoms with Crippen molar-refractivity contribution in [2.24, 2.45) is 11.5 Å². The first-order valence-electron chi connectivity index (χ1n) is 13.4. The Bertz CT molecular complexity index is 1250. The van der Waals surface area contributed by atoms with Gasteiger partial charge in [-0.15, -0.1) is 0 Å². The molecular formula is C29H46N6O4Si. The fourth-order valence-corrected chi connectivity index (χ4v) is 4.58. The molecule has 0 bridgehead atoms. The van der Waals surface area contributed by atoms with Gasteiger partial charge in [0.1, 0.15) is 11.4 Å². The molecule has 0 radical (unpaired) electrons. The van der Waals surface area contributed by atoms with Gasteiger partial charge in [-0.1, -0.05) is 31.9 Å². The van der Waals surface area contributed by atoms with Crippen LogP contribution in [0.1, 0.15) is 61.8 Å². The molecule has 0 saturated heterocycles. The normalized spacial score (nSPS) is 12.5. The lowest BCUT2D eigenvalue weighted by Gasteiger charge is -2.36. The molecule has 11 heteroatoms. The Kier molecular flexibility index (Phi) is 11.0. The van der Waals surface area contributed by atoms with E-state index in [0.29, 0.717) is 66.8 Å². The van der Waals surface area contributed by atoms with Crippen LogP contribution < -0.4 is 38.3 Å². The van der Waals surface area contributed by atoms with Crippen LogP contribution in [0.4, 0.5) is 22.7 Å². The summed E-state index contributed by atoms with van der Waals surface area (Å²) >= 11 is 0. The lowest BCUT2D eigenvalue weighted by molar-refractivity contribution is 0.0991. The van der Waals surface area contributed by atoms with Crippen molar-refractivity contribution in [3.63, 3.8) is 0 Å². The molecule has 10 N–H and O–H groups in total. The Balaban J connectivity index is 2.07. The second-order valence-electron chi connectivity index (χ2n) is 11.5. The summed E-state index contributed by atoms with van der Waals surface area (Å²) in [5, 5.41) is 6.78. The Morgan fingerprint density at radius 1 is 0.850 bits per heavy atom. The Hall–Kier alpha value is -3.70. The zero-order valence-electron chi connectivity index (χ0n) is 24.9. The quantitative estimate of drug-likeness (QED) is 0.0818. The average Bonchev–Trinajstić information content (AvgIpc) is 2.85. The fourth-order valence-electron chi connectivity index (χ4n) is 3.49. The van der Waals surface area contributed by atoms with Gasteiger partial charge in [0, 0.05) is 37.2 Å². The maximum absolute atomic E-state index is 11.8. The molecule has 0 heterocycles. The smallest absolute Gasteiger partial charge is 0.248 e. The van der Waals surface area contributed by atoms with Gasteiger partial charge in [0.05, 0.1) is 23.7 Å². The molecule has 0 aliphatic carbocycles. The summed E-state index contributed by atoms with van der Waals surface area (Å²) < 4.78 is 12.3. The predicted octanol–water partition coefficient (Wildman–Crippen LogP) is 4.70. The number of benzene rings is 2. The molecule has 0 spiro atoms. The molecule has 0 saturated carbocycles. The standard InChI is InChI=1S/C29H46N6O4Si/c1-18(16-34-24-10-9-20(27(32)36)13-22(24)30)19(2)17-35-26-23(31)14-21(28(33)37)15-25(26)38-11-8-12-39-40(6,7)29(3,4)5/h9-10,13-15,34-35H,8,11-12,16-17,30-31H2,1-7H3,(H2,32,36)(H2,33,37)/b19-18+. The van der Waals surface area contributed by atoms with Crippen LogP contribution in [0.15, 0.2) is 41.5 Å². The molecular weight excluding hydrogens is 524 g/mol. The molecule has 0 unspecified atom stereocenters. The molecule has 2 aromatic carbocycles. The zero-order valence-corrected chi connectivity index (χ0v) is 25.9. The minimum absolute atomic E-state index is 0.135. The molecule has 2 amide bonds. The average molecular weight is 571 g/mol. The number of rotatable bonds is 14. The van der Waals surface area contributed by atoms with Crippen molar-refractivity contribution in [1.29, 1.82) is 0 Å². The lowest BCUT2D eigenvalue weighted by Crippen LogP contribution is -2.41. The summed E-state index contributed by atoms with van der Waals surface area (Å²) in [5.41, 5.74) is 28.1. The number of hydrogen-bond donors (Lipinski definition) is 6. The number of nitrogen functional groups attached to an aromatic ring is 2. The molecule has 0 aliphatic rings. The van der Waals surface area contributed by atoms with Crippen molar-refractivity contribution in [3.8, 4) is 5.75 Å². The van der Waals surface area contributed by atoms with Crippen LogP contribution in [0, 0.1) is 0 Å². The van der Waals surface area contributed by atoms with E-state index in [1.807, 2.05) is 13.8 Å². The highest BCUT2D eigenvalue weighted by atomic mass is 28.4. The van der Waals surface area contributed by atoms with E-state index in [0.717, 1.165) is 11.1 Å². The number of amides is 2. The first-order chi connectivity index (χ1) is 18.5. The van der Waals surface area contributed by atoms with Gasteiger partial charge in [0.2, 0.25) is 11.8 Å². The summed E-state index contributed by atoms with van der Waals surface area (Å²) in [6.45, 7) is 17.1. The number of primary amides is 2. The van der Waals surface area contributed by atoms with Crippen LogP contribution in [0.2, 0.25) is 18.1 Å². The predicted molar refractivity (Wildman–Crippen MR) is 167 cm³/mol. The topological polar surface area (TPSA) is 181 Å². The van der Waals surface area contributed by atoms with Gasteiger partial charge >= 0.3 is 0 Å². The number of carbonyl (C=O) groups is 2. The van der Waals surface area contributed by atoms with Crippen molar-refractivity contribution in [2.75, 3.05) is 48.4 Å². The van der Waals surface area contributed by atoms with Crippen molar-refractivity contribution < 1.29 is 18.8 Å². The summed E-state index contributed by atoms with van der Waals surface area (Å²) in [7, 11) is -1.84. The minimum atomic E-state index is -1.84. The van der Waals surface area contributed by atoms with E-state index in [1.165, 1.54) is 0 Å². The number of nitrogens with two attached hydrogens (primary N) is 4. The summed E-state index contributed by atoms with van der Waals surface area (Å²) in [5.74, 6) is -0.639. The molecule has 2 rings (SSSR count). The van der Waals surface area contributed by atoms with Crippen LogP contribution in [0.25, 0.3) is 0 Å². The third-order valence-corrected chi connectivity index (χ3v) is 11.9. The van der Waals surface area contributed by atoms with Crippen molar-refractivity contribution in [3.05, 3.63) is 52.6 Å². The van der Waals surface area contributed by atoms with Gasteiger partial charge in [-0.2, -0.15) is 0 Å². The van der Waals surface area contributed by atoms with Gasteiger partial charge in [0.25, 0.3) is 0 Å². The monoisotopic (exact) mass is 570 g/mol. The summed E-state index contributed by atoms with van der Waals surface area (Å²) in [4.78, 5) is 23.2. The first-order valence-corrected chi connectivity index (χ1v) is 16.3. The third kappa shape index (κ3) is 8.92. The third-order valence-electron chi connectivity index (χ3n) is 7.37. The minimum Gasteiger partial charge on any atom is -0.491 e. The van der Waals surface area contributed by atoms with Crippen molar-refractivity contribution >= 4 is 42.9 Å². The first kappa shape index (κ1) is 32.5. The lowest BCUT2D eigenvalue weighted by atomic mass is 10.1. The second-order valence-corrected chi connectivity index (χ2v) is 16.4. The number of carbonyl (C=O) groups excluding carboxylic acids is 2. The van der Waals surface area contributed by atoms with Gasteiger partial charge in [-0.25, -0.2) is 0 Å². The largest absolute Gasteiger partial charge is 0.491 e.